The van der Waals surface area contributed by atoms with Crippen molar-refractivity contribution < 1.29 is 26.7 Å². The zero-order chi connectivity index (χ0) is 22.8. The molecule has 7 nitrogen and oxygen atoms in total. The molecule has 0 atom stereocenters. The molecule has 1 aromatic heterocycles. The van der Waals surface area contributed by atoms with Crippen molar-refractivity contribution in [3.8, 4) is 11.1 Å². The quantitative estimate of drug-likeness (QED) is 0.483. The van der Waals surface area contributed by atoms with Gasteiger partial charge in [0.15, 0.2) is 11.4 Å². The van der Waals surface area contributed by atoms with Gasteiger partial charge in [0.25, 0.3) is 0 Å². The van der Waals surface area contributed by atoms with Gasteiger partial charge in [-0.3, -0.25) is 5.10 Å². The minimum Gasteiger partial charge on any atom is -0.382 e. The minimum absolute atomic E-state index is 0.0576. The fraction of sp³-hybridized carbons (Fsp3) is 0.350. The van der Waals surface area contributed by atoms with Crippen LogP contribution in [0, 0.1) is 13.8 Å². The highest BCUT2D eigenvalue weighted by Crippen LogP contribution is 2.45. The molecule has 0 amide bonds. The van der Waals surface area contributed by atoms with E-state index in [1.54, 1.807) is 13.0 Å². The molecule has 0 unspecified atom stereocenters. The molecule has 0 spiro atoms. The predicted molar refractivity (Wildman–Crippen MR) is 110 cm³/mol. The van der Waals surface area contributed by atoms with Crippen molar-refractivity contribution in [2.24, 2.45) is 0 Å². The van der Waals surface area contributed by atoms with Crippen LogP contribution in [0.4, 0.5) is 19.0 Å². The number of aromatic amines is 1. The van der Waals surface area contributed by atoms with Crippen molar-refractivity contribution in [1.82, 2.24) is 14.9 Å². The van der Waals surface area contributed by atoms with Crippen molar-refractivity contribution in [3.05, 3.63) is 41.5 Å². The molecule has 31 heavy (non-hydrogen) atoms. The monoisotopic (exact) mass is 454 g/mol. The molecule has 4 rings (SSSR count). The molecule has 5 N–H and O–H groups in total. The van der Waals surface area contributed by atoms with E-state index in [0.29, 0.717) is 11.4 Å². The lowest BCUT2D eigenvalue weighted by Crippen LogP contribution is -2.62. The third-order valence-corrected chi connectivity index (χ3v) is 7.35. The Morgan fingerprint density at radius 2 is 1.84 bits per heavy atom. The fourth-order valence-corrected chi connectivity index (χ4v) is 5.39. The fourth-order valence-electron chi connectivity index (χ4n) is 4.07. The number of nitrogens with two attached hydrogens (primary N) is 1. The number of rotatable bonds is 4. The van der Waals surface area contributed by atoms with Crippen LogP contribution in [-0.2, 0) is 10.0 Å². The van der Waals surface area contributed by atoms with Crippen molar-refractivity contribution >= 4 is 26.7 Å². The number of benzene rings is 2. The lowest BCUT2D eigenvalue weighted by molar-refractivity contribution is -0.290. The maximum Gasteiger partial charge on any atom is 0.417 e. The summed E-state index contributed by atoms with van der Waals surface area (Å²) in [6.07, 6.45) is -6.21. The van der Waals surface area contributed by atoms with Gasteiger partial charge in [0, 0.05) is 24.3 Å². The van der Waals surface area contributed by atoms with E-state index < -0.39 is 40.7 Å². The first kappa shape index (κ1) is 21.6. The van der Waals surface area contributed by atoms with E-state index in [4.69, 9.17) is 5.73 Å². The number of hydrogen-bond donors (Lipinski definition) is 4. The highest BCUT2D eigenvalue weighted by Gasteiger charge is 2.61. The van der Waals surface area contributed by atoms with E-state index in [9.17, 15) is 26.7 Å². The van der Waals surface area contributed by atoms with Crippen LogP contribution in [0.2, 0.25) is 0 Å². The summed E-state index contributed by atoms with van der Waals surface area (Å²) in [5.74, 6) is 0.370. The van der Waals surface area contributed by atoms with Gasteiger partial charge in [0.2, 0.25) is 10.0 Å². The average Bonchev–Trinajstić information content (AvgIpc) is 3.02. The molecule has 1 aliphatic rings. The molecule has 1 heterocycles. The number of nitrogens with zero attached hydrogens (tertiary/aromatic N) is 1. The number of nitrogen functional groups attached to an aromatic ring is 1. The zero-order valence-electron chi connectivity index (χ0n) is 16.7. The molecule has 0 aliphatic heterocycles. The molecule has 0 bridgehead atoms. The zero-order valence-corrected chi connectivity index (χ0v) is 17.5. The van der Waals surface area contributed by atoms with E-state index in [0.717, 1.165) is 27.6 Å². The highest BCUT2D eigenvalue weighted by molar-refractivity contribution is 7.89. The van der Waals surface area contributed by atoms with Crippen LogP contribution < -0.4 is 10.5 Å². The van der Waals surface area contributed by atoms with Crippen molar-refractivity contribution in [3.63, 3.8) is 0 Å². The number of aryl methyl sites for hydroxylation is 2. The maximum absolute atomic E-state index is 12.8. The van der Waals surface area contributed by atoms with Gasteiger partial charge in [-0.25, -0.2) is 13.1 Å². The van der Waals surface area contributed by atoms with Gasteiger partial charge in [-0.1, -0.05) is 12.1 Å². The molecule has 1 aliphatic carbocycles. The predicted octanol–water partition coefficient (Wildman–Crippen LogP) is 3.16. The van der Waals surface area contributed by atoms with E-state index in [1.165, 1.54) is 12.1 Å². The number of hydrogen-bond acceptors (Lipinski definition) is 5. The van der Waals surface area contributed by atoms with E-state index >= 15 is 0 Å². The Kier molecular flexibility index (Phi) is 4.83. The Bertz CT molecular complexity index is 1280. The molecule has 3 aromatic rings. The summed E-state index contributed by atoms with van der Waals surface area (Å²) in [6, 6.07) is 7.27. The number of sulfonamides is 1. The standard InChI is InChI=1S/C20H21F3N4O3S/c1-10-7-13(31(29,30)27-12-8-19(28,9-12)20(21,22)23)3-4-14(10)15-5-6-16-17(11(15)2)18(24)26-25-16/h3-7,12,27-28H,8-9H2,1-2H3,(H3,24,25,26)/t12-,19+. The molecule has 1 saturated carbocycles. The Morgan fingerprint density at radius 1 is 1.19 bits per heavy atom. The van der Waals surface area contributed by atoms with Crippen molar-refractivity contribution in [1.29, 1.82) is 0 Å². The lowest BCUT2D eigenvalue weighted by Gasteiger charge is -2.44. The molecular formula is C20H21F3N4O3S. The number of fused-ring (bicyclic) bond motifs is 1. The van der Waals surface area contributed by atoms with Crippen LogP contribution in [-0.4, -0.2) is 41.5 Å². The molecule has 2 aromatic carbocycles. The molecule has 11 heteroatoms. The SMILES string of the molecule is Cc1cc(S(=O)(=O)N[C@H]2C[C@](O)(C(F)(F)F)C2)ccc1-c1ccc2[nH]nc(N)c2c1C. The van der Waals surface area contributed by atoms with Gasteiger partial charge in [0.1, 0.15) is 0 Å². The molecule has 0 saturated heterocycles. The second-order valence-electron chi connectivity index (χ2n) is 8.00. The Labute approximate surface area is 176 Å². The summed E-state index contributed by atoms with van der Waals surface area (Å²) in [4.78, 5) is -0.0576. The van der Waals surface area contributed by atoms with Gasteiger partial charge in [-0.05, 0) is 54.3 Å². The van der Waals surface area contributed by atoms with Crippen LogP contribution in [0.1, 0.15) is 24.0 Å². The number of anilines is 1. The normalized spacial score (nSPS) is 21.9. The van der Waals surface area contributed by atoms with Crippen LogP contribution in [0.5, 0.6) is 0 Å². The molecule has 1 fully saturated rings. The van der Waals surface area contributed by atoms with Crippen molar-refractivity contribution in [2.45, 2.75) is 49.4 Å². The lowest BCUT2D eigenvalue weighted by atomic mass is 9.76. The summed E-state index contributed by atoms with van der Waals surface area (Å²) >= 11 is 0. The summed E-state index contributed by atoms with van der Waals surface area (Å²) in [6.45, 7) is 3.65. The Balaban J connectivity index is 1.60. The van der Waals surface area contributed by atoms with Crippen molar-refractivity contribution in [2.75, 3.05) is 5.73 Å². The van der Waals surface area contributed by atoms with Crippen LogP contribution in [0.3, 0.4) is 0 Å². The minimum atomic E-state index is -4.79. The average molecular weight is 454 g/mol. The van der Waals surface area contributed by atoms with E-state index in [1.807, 2.05) is 19.1 Å². The van der Waals surface area contributed by atoms with Gasteiger partial charge in [-0.15, -0.1) is 0 Å². The van der Waals surface area contributed by atoms with E-state index in [2.05, 4.69) is 14.9 Å². The van der Waals surface area contributed by atoms with Gasteiger partial charge in [-0.2, -0.15) is 18.3 Å². The van der Waals surface area contributed by atoms with Crippen LogP contribution in [0.25, 0.3) is 22.0 Å². The maximum atomic E-state index is 12.8. The van der Waals surface area contributed by atoms with Gasteiger partial charge < -0.3 is 10.8 Å². The summed E-state index contributed by atoms with van der Waals surface area (Å²) in [5, 5.41) is 17.2. The summed E-state index contributed by atoms with van der Waals surface area (Å²) in [7, 11) is -4.04. The molecule has 0 radical (unpaired) electrons. The summed E-state index contributed by atoms with van der Waals surface area (Å²) in [5.41, 5.74) is 7.11. The largest absolute Gasteiger partial charge is 0.417 e. The van der Waals surface area contributed by atoms with Crippen LogP contribution in [0.15, 0.2) is 35.2 Å². The second-order valence-corrected chi connectivity index (χ2v) is 9.72. The number of H-pyrrole nitrogens is 1. The summed E-state index contributed by atoms with van der Waals surface area (Å²) < 4.78 is 65.8. The first-order valence-corrected chi connectivity index (χ1v) is 11.0. The Hall–Kier alpha value is -2.63. The third kappa shape index (κ3) is 3.56. The Morgan fingerprint density at radius 3 is 2.45 bits per heavy atom. The molecule has 166 valence electrons. The smallest absolute Gasteiger partial charge is 0.382 e. The molecular weight excluding hydrogens is 433 g/mol. The van der Waals surface area contributed by atoms with Gasteiger partial charge >= 0.3 is 6.18 Å². The first-order chi connectivity index (χ1) is 14.3. The van der Waals surface area contributed by atoms with E-state index in [-0.39, 0.29) is 4.90 Å². The second kappa shape index (κ2) is 6.94. The number of aromatic nitrogens is 2. The number of alkyl halides is 3. The third-order valence-electron chi connectivity index (χ3n) is 5.83. The highest BCUT2D eigenvalue weighted by atomic mass is 32.2. The first-order valence-electron chi connectivity index (χ1n) is 9.48. The topological polar surface area (TPSA) is 121 Å². The van der Waals surface area contributed by atoms with Crippen LogP contribution >= 0.6 is 0 Å². The number of nitrogens with one attached hydrogen (secondary N) is 2. The number of halogens is 3. The number of aliphatic hydroxyl groups is 1. The van der Waals surface area contributed by atoms with Gasteiger partial charge in [0.05, 0.1) is 10.4 Å².